The van der Waals surface area contributed by atoms with E-state index in [1.807, 2.05) is 56.3 Å². The lowest BCUT2D eigenvalue weighted by Gasteiger charge is -2.23. The van der Waals surface area contributed by atoms with Crippen molar-refractivity contribution in [1.82, 2.24) is 4.90 Å². The van der Waals surface area contributed by atoms with Crippen molar-refractivity contribution in [3.05, 3.63) is 59.2 Å². The van der Waals surface area contributed by atoms with Crippen molar-refractivity contribution in [2.45, 2.75) is 32.5 Å². The van der Waals surface area contributed by atoms with Gasteiger partial charge in [-0.05, 0) is 54.8 Å². The fourth-order valence-electron chi connectivity index (χ4n) is 4.32. The molecule has 2 aromatic rings. The first kappa shape index (κ1) is 18.8. The number of aryl methyl sites for hydroxylation is 2. The summed E-state index contributed by atoms with van der Waals surface area (Å²) in [5, 5.41) is 0. The van der Waals surface area contributed by atoms with Crippen LogP contribution in [-0.4, -0.2) is 50.0 Å². The lowest BCUT2D eigenvalue weighted by Crippen LogP contribution is -2.37. The molecule has 2 aliphatic rings. The summed E-state index contributed by atoms with van der Waals surface area (Å²) in [6.45, 7) is 4.32. The number of amides is 2. The molecule has 2 saturated heterocycles. The SMILES string of the molecule is COc1cccc(CN2C(=O)N(c3cc(C)cc(C)c3)[C@@H]3CS(=O)(=O)C[C@H]32)c1. The van der Waals surface area contributed by atoms with Gasteiger partial charge < -0.3 is 9.64 Å². The maximum absolute atomic E-state index is 13.3. The zero-order chi connectivity index (χ0) is 20.1. The topological polar surface area (TPSA) is 66.9 Å². The molecule has 0 unspecified atom stereocenters. The number of urea groups is 1. The minimum Gasteiger partial charge on any atom is -0.497 e. The second-order valence-corrected chi connectivity index (χ2v) is 9.84. The molecule has 0 N–H and O–H groups in total. The number of sulfone groups is 1. The smallest absolute Gasteiger partial charge is 0.325 e. The number of anilines is 1. The zero-order valence-corrected chi connectivity index (χ0v) is 17.1. The van der Waals surface area contributed by atoms with Crippen LogP contribution in [0.3, 0.4) is 0 Å². The van der Waals surface area contributed by atoms with Gasteiger partial charge in [-0.2, -0.15) is 0 Å². The van der Waals surface area contributed by atoms with Crippen molar-refractivity contribution in [2.24, 2.45) is 0 Å². The molecule has 7 heteroatoms. The van der Waals surface area contributed by atoms with E-state index in [9.17, 15) is 13.2 Å². The number of nitrogens with zero attached hydrogens (tertiary/aromatic N) is 2. The van der Waals surface area contributed by atoms with Gasteiger partial charge in [-0.25, -0.2) is 13.2 Å². The summed E-state index contributed by atoms with van der Waals surface area (Å²) in [6.07, 6.45) is 0. The first-order valence-electron chi connectivity index (χ1n) is 9.29. The highest BCUT2D eigenvalue weighted by atomic mass is 32.2. The Hall–Kier alpha value is -2.54. The van der Waals surface area contributed by atoms with E-state index in [0.29, 0.717) is 12.3 Å². The molecule has 2 aliphatic heterocycles. The number of carbonyl (C=O) groups excluding carboxylic acids is 1. The van der Waals surface area contributed by atoms with E-state index in [-0.39, 0.29) is 29.6 Å². The van der Waals surface area contributed by atoms with E-state index in [4.69, 9.17) is 4.74 Å². The van der Waals surface area contributed by atoms with E-state index in [0.717, 1.165) is 22.4 Å². The number of ether oxygens (including phenoxy) is 1. The Balaban J connectivity index is 1.72. The van der Waals surface area contributed by atoms with E-state index in [1.165, 1.54) is 0 Å². The highest BCUT2D eigenvalue weighted by molar-refractivity contribution is 7.91. The molecule has 0 saturated carbocycles. The summed E-state index contributed by atoms with van der Waals surface area (Å²) in [7, 11) is -1.59. The largest absolute Gasteiger partial charge is 0.497 e. The lowest BCUT2D eigenvalue weighted by molar-refractivity contribution is 0.206. The molecular weight excluding hydrogens is 376 g/mol. The number of carbonyl (C=O) groups is 1. The molecule has 0 aromatic heterocycles. The van der Waals surface area contributed by atoms with Gasteiger partial charge in [0.05, 0.1) is 30.7 Å². The standard InChI is InChI=1S/C21H24N2O4S/c1-14-7-15(2)9-17(8-14)23-20-13-28(25,26)12-19(20)22(21(23)24)11-16-5-4-6-18(10-16)27-3/h4-10,19-20H,11-13H2,1-3H3/t19-,20-/m1/s1. The van der Waals surface area contributed by atoms with Crippen LogP contribution in [0.2, 0.25) is 0 Å². The summed E-state index contributed by atoms with van der Waals surface area (Å²) >= 11 is 0. The van der Waals surface area contributed by atoms with Crippen LogP contribution < -0.4 is 9.64 Å². The van der Waals surface area contributed by atoms with Crippen molar-refractivity contribution in [1.29, 1.82) is 0 Å². The van der Waals surface area contributed by atoms with E-state index in [2.05, 4.69) is 0 Å². The van der Waals surface area contributed by atoms with Crippen LogP contribution in [0, 0.1) is 13.8 Å². The molecule has 0 spiro atoms. The van der Waals surface area contributed by atoms with Crippen molar-refractivity contribution in [3.8, 4) is 5.75 Å². The average Bonchev–Trinajstić information content (AvgIpc) is 3.05. The molecule has 2 fully saturated rings. The minimum absolute atomic E-state index is 0.00497. The Labute approximate surface area is 165 Å². The quantitative estimate of drug-likeness (QED) is 0.740. The zero-order valence-electron chi connectivity index (χ0n) is 16.3. The lowest BCUT2D eigenvalue weighted by atomic mass is 10.1. The number of benzene rings is 2. The Morgan fingerprint density at radius 3 is 2.39 bits per heavy atom. The first-order chi connectivity index (χ1) is 13.3. The van der Waals surface area contributed by atoms with Crippen molar-refractivity contribution < 1.29 is 17.9 Å². The Kier molecular flexibility index (Phi) is 4.57. The van der Waals surface area contributed by atoms with Crippen LogP contribution in [0.4, 0.5) is 10.5 Å². The monoisotopic (exact) mass is 400 g/mol. The van der Waals surface area contributed by atoms with Gasteiger partial charge in [0.1, 0.15) is 5.75 Å². The highest BCUT2D eigenvalue weighted by Gasteiger charge is 2.53. The van der Waals surface area contributed by atoms with Gasteiger partial charge in [0.15, 0.2) is 9.84 Å². The molecular formula is C21H24N2O4S. The van der Waals surface area contributed by atoms with Gasteiger partial charge in [-0.3, -0.25) is 4.90 Å². The van der Waals surface area contributed by atoms with Crippen LogP contribution in [0.15, 0.2) is 42.5 Å². The second-order valence-electron chi connectivity index (χ2n) is 7.69. The maximum atomic E-state index is 13.3. The summed E-state index contributed by atoms with van der Waals surface area (Å²) in [4.78, 5) is 16.7. The number of rotatable bonds is 4. The number of fused-ring (bicyclic) bond motifs is 1. The van der Waals surface area contributed by atoms with Crippen molar-refractivity contribution in [3.63, 3.8) is 0 Å². The van der Waals surface area contributed by atoms with Crippen LogP contribution in [0.25, 0.3) is 0 Å². The highest BCUT2D eigenvalue weighted by Crippen LogP contribution is 2.36. The molecule has 2 atom stereocenters. The minimum atomic E-state index is -3.19. The van der Waals surface area contributed by atoms with Crippen LogP contribution in [0.1, 0.15) is 16.7 Å². The van der Waals surface area contributed by atoms with Gasteiger partial charge in [0.2, 0.25) is 0 Å². The van der Waals surface area contributed by atoms with E-state index < -0.39 is 9.84 Å². The molecule has 0 aliphatic carbocycles. The first-order valence-corrected chi connectivity index (χ1v) is 11.1. The van der Waals surface area contributed by atoms with Crippen LogP contribution in [-0.2, 0) is 16.4 Å². The normalized spacial score (nSPS) is 23.2. The predicted molar refractivity (Wildman–Crippen MR) is 109 cm³/mol. The molecule has 0 bridgehead atoms. The van der Waals surface area contributed by atoms with E-state index >= 15 is 0 Å². The van der Waals surface area contributed by atoms with Gasteiger partial charge in [-0.15, -0.1) is 0 Å². The fourth-order valence-corrected chi connectivity index (χ4v) is 6.27. The van der Waals surface area contributed by atoms with Crippen LogP contribution >= 0.6 is 0 Å². The molecule has 4 rings (SSSR count). The summed E-state index contributed by atoms with van der Waals surface area (Å²) in [6, 6.07) is 12.6. The number of methoxy groups -OCH3 is 1. The molecule has 28 heavy (non-hydrogen) atoms. The van der Waals surface area contributed by atoms with Gasteiger partial charge in [0, 0.05) is 12.2 Å². The van der Waals surface area contributed by atoms with Gasteiger partial charge >= 0.3 is 6.03 Å². The summed E-state index contributed by atoms with van der Waals surface area (Å²) < 4.78 is 30.0. The Morgan fingerprint density at radius 1 is 1.04 bits per heavy atom. The molecule has 148 valence electrons. The van der Waals surface area contributed by atoms with E-state index in [1.54, 1.807) is 16.9 Å². The fraction of sp³-hybridized carbons (Fsp3) is 0.381. The third kappa shape index (κ3) is 3.35. The van der Waals surface area contributed by atoms with Crippen molar-refractivity contribution in [2.75, 3.05) is 23.5 Å². The molecule has 0 radical (unpaired) electrons. The summed E-state index contributed by atoms with van der Waals surface area (Å²) in [5.74, 6) is 0.727. The second kappa shape index (κ2) is 6.81. The third-order valence-corrected chi connectivity index (χ3v) is 7.15. The molecule has 2 amide bonds. The van der Waals surface area contributed by atoms with Gasteiger partial charge in [0.25, 0.3) is 0 Å². The third-order valence-electron chi connectivity index (χ3n) is 5.45. The molecule has 2 heterocycles. The van der Waals surface area contributed by atoms with Crippen molar-refractivity contribution >= 4 is 21.6 Å². The maximum Gasteiger partial charge on any atom is 0.325 e. The van der Waals surface area contributed by atoms with Crippen LogP contribution in [0.5, 0.6) is 5.75 Å². The predicted octanol–water partition coefficient (Wildman–Crippen LogP) is 2.92. The molecule has 2 aromatic carbocycles. The summed E-state index contributed by atoms with van der Waals surface area (Å²) in [5.41, 5.74) is 3.78. The van der Waals surface area contributed by atoms with Gasteiger partial charge in [-0.1, -0.05) is 18.2 Å². The Morgan fingerprint density at radius 2 is 1.71 bits per heavy atom. The number of hydrogen-bond acceptors (Lipinski definition) is 4. The Bertz CT molecular complexity index is 1010. The average molecular weight is 401 g/mol. The number of hydrogen-bond donors (Lipinski definition) is 0. The molecule has 6 nitrogen and oxygen atoms in total.